The molecule has 4 saturated heterocycles. The Balaban J connectivity index is 1.35. The monoisotopic (exact) mass is 463 g/mol. The summed E-state index contributed by atoms with van der Waals surface area (Å²) in [6, 6.07) is 8.57. The second kappa shape index (κ2) is 9.31. The minimum atomic E-state index is -0.496. The van der Waals surface area contributed by atoms with E-state index in [1.165, 1.54) is 44.9 Å². The molecule has 0 spiro atoms. The Kier molecular flexibility index (Phi) is 6.19. The molecule has 7 atom stereocenters. The van der Waals surface area contributed by atoms with Gasteiger partial charge in [-0.3, -0.25) is 4.90 Å². The number of aliphatic hydroxyl groups excluding tert-OH is 1. The first-order chi connectivity index (χ1) is 16.6. The fourth-order valence-electron chi connectivity index (χ4n) is 7.74. The summed E-state index contributed by atoms with van der Waals surface area (Å²) in [5.74, 6) is 5.13. The lowest BCUT2D eigenvalue weighted by atomic mass is 9.72. The molecule has 1 aliphatic carbocycles. The van der Waals surface area contributed by atoms with Crippen molar-refractivity contribution < 1.29 is 9.84 Å². The number of anilines is 1. The van der Waals surface area contributed by atoms with Gasteiger partial charge in [-0.25, -0.2) is 4.98 Å². The van der Waals surface area contributed by atoms with Gasteiger partial charge in [0.25, 0.3) is 0 Å². The molecular weight excluding hydrogens is 422 g/mol. The van der Waals surface area contributed by atoms with Crippen LogP contribution in [-0.4, -0.2) is 54.3 Å². The Morgan fingerprint density at radius 3 is 2.62 bits per heavy atom. The van der Waals surface area contributed by atoms with E-state index in [0.29, 0.717) is 0 Å². The van der Waals surface area contributed by atoms with Crippen molar-refractivity contribution in [1.29, 1.82) is 0 Å². The van der Waals surface area contributed by atoms with Crippen molar-refractivity contribution in [3.05, 3.63) is 29.8 Å². The predicted molar refractivity (Wildman–Crippen MR) is 137 cm³/mol. The maximum Gasteiger partial charge on any atom is 0.129 e. The molecule has 1 N–H and O–H groups in total. The SMILES string of the molecule is CC[C@H]1CN2CC[C@H]1C[C@H]2[C@H](O)c1cc(N2CCC3CCCCC3C2)nc2ccc(OC)cc12. The van der Waals surface area contributed by atoms with Crippen molar-refractivity contribution in [2.24, 2.45) is 23.7 Å². The molecule has 2 aromatic rings. The molecular formula is C29H41N3O2. The number of hydrogen-bond acceptors (Lipinski definition) is 5. The fourth-order valence-corrected chi connectivity index (χ4v) is 7.74. The van der Waals surface area contributed by atoms with Gasteiger partial charge in [-0.1, -0.05) is 32.6 Å². The van der Waals surface area contributed by atoms with Gasteiger partial charge < -0.3 is 14.7 Å². The van der Waals surface area contributed by atoms with Gasteiger partial charge in [0.1, 0.15) is 11.6 Å². The van der Waals surface area contributed by atoms with Crippen LogP contribution in [-0.2, 0) is 0 Å². The summed E-state index contributed by atoms with van der Waals surface area (Å²) >= 11 is 0. The predicted octanol–water partition coefficient (Wildman–Crippen LogP) is 5.41. The van der Waals surface area contributed by atoms with Crippen molar-refractivity contribution in [3.8, 4) is 5.75 Å². The molecule has 34 heavy (non-hydrogen) atoms. The minimum absolute atomic E-state index is 0.204. The number of pyridine rings is 1. The summed E-state index contributed by atoms with van der Waals surface area (Å²) in [6.45, 7) is 6.78. The first-order valence-corrected chi connectivity index (χ1v) is 13.8. The van der Waals surface area contributed by atoms with Gasteiger partial charge in [-0.15, -0.1) is 0 Å². The van der Waals surface area contributed by atoms with Crippen LogP contribution in [0.1, 0.15) is 70.0 Å². The Morgan fingerprint density at radius 1 is 1.03 bits per heavy atom. The quantitative estimate of drug-likeness (QED) is 0.642. The molecule has 5 nitrogen and oxygen atoms in total. The molecule has 0 amide bonds. The highest BCUT2D eigenvalue weighted by atomic mass is 16.5. The summed E-state index contributed by atoms with van der Waals surface area (Å²) in [4.78, 5) is 10.2. The zero-order valence-corrected chi connectivity index (χ0v) is 21.0. The van der Waals surface area contributed by atoms with Gasteiger partial charge in [0.2, 0.25) is 0 Å². The summed E-state index contributed by atoms with van der Waals surface area (Å²) in [7, 11) is 1.71. The van der Waals surface area contributed by atoms with Gasteiger partial charge >= 0.3 is 0 Å². The second-order valence-electron chi connectivity index (χ2n) is 11.5. The van der Waals surface area contributed by atoms with Crippen molar-refractivity contribution >= 4 is 16.7 Å². The zero-order chi connectivity index (χ0) is 23.2. The summed E-state index contributed by atoms with van der Waals surface area (Å²) in [6.07, 6.45) is 9.98. The number of fused-ring (bicyclic) bond motifs is 5. The number of methoxy groups -OCH3 is 1. The number of aliphatic hydroxyl groups is 1. The van der Waals surface area contributed by atoms with Gasteiger partial charge in [0.05, 0.1) is 18.7 Å². The number of piperidine rings is 4. The van der Waals surface area contributed by atoms with Crippen LogP contribution in [0.3, 0.4) is 0 Å². The number of aromatic nitrogens is 1. The summed E-state index contributed by atoms with van der Waals surface area (Å²) in [5, 5.41) is 12.9. The maximum absolute atomic E-state index is 11.9. The number of benzene rings is 1. The Bertz CT molecular complexity index is 1030. The van der Waals surface area contributed by atoms with Crippen molar-refractivity contribution in [2.45, 2.75) is 70.4 Å². The van der Waals surface area contributed by atoms with Gasteiger partial charge in [0, 0.05) is 31.1 Å². The van der Waals surface area contributed by atoms with Gasteiger partial charge in [0.15, 0.2) is 0 Å². The van der Waals surface area contributed by atoms with Crippen LogP contribution < -0.4 is 9.64 Å². The van der Waals surface area contributed by atoms with Crippen LogP contribution in [0.5, 0.6) is 5.75 Å². The normalized spacial score (nSPS) is 34.1. The van der Waals surface area contributed by atoms with E-state index in [2.05, 4.69) is 34.9 Å². The number of rotatable bonds is 5. The lowest BCUT2D eigenvalue weighted by Crippen LogP contribution is -2.55. The lowest BCUT2D eigenvalue weighted by molar-refractivity contribution is -0.0562. The molecule has 4 aliphatic heterocycles. The third-order valence-corrected chi connectivity index (χ3v) is 9.79. The first-order valence-electron chi connectivity index (χ1n) is 13.8. The molecule has 7 rings (SSSR count). The summed E-state index contributed by atoms with van der Waals surface area (Å²) in [5.41, 5.74) is 2.01. The molecule has 5 heteroatoms. The van der Waals surface area contributed by atoms with E-state index in [4.69, 9.17) is 9.72 Å². The standard InChI is InChI=1S/C29H41N3O2/c1-3-19-17-31-12-11-21(19)14-27(31)29(33)25-16-28(30-26-9-8-23(34-2)15-24(25)26)32-13-10-20-6-4-5-7-22(20)18-32/h8-9,15-16,19-22,27,29,33H,3-7,10-14,17-18H2,1-2H3/t19-,20?,21-,22?,27-,29+/m0/s1. The highest BCUT2D eigenvalue weighted by Gasteiger charge is 2.43. The van der Waals surface area contributed by atoms with Crippen LogP contribution >= 0.6 is 0 Å². The van der Waals surface area contributed by atoms with E-state index in [0.717, 1.165) is 84.3 Å². The van der Waals surface area contributed by atoms with Crippen LogP contribution in [0.25, 0.3) is 10.9 Å². The average Bonchev–Trinajstić information content (AvgIpc) is 2.91. The van der Waals surface area contributed by atoms with Crippen LogP contribution in [0.4, 0.5) is 5.82 Å². The molecule has 1 aromatic heterocycles. The number of ether oxygens (including phenoxy) is 1. The Labute approximate surface area is 204 Å². The third-order valence-electron chi connectivity index (χ3n) is 9.79. The van der Waals surface area contributed by atoms with E-state index in [1.807, 2.05) is 6.07 Å². The molecule has 5 heterocycles. The second-order valence-corrected chi connectivity index (χ2v) is 11.5. The highest BCUT2D eigenvalue weighted by Crippen LogP contribution is 2.44. The maximum atomic E-state index is 11.9. The van der Waals surface area contributed by atoms with Crippen LogP contribution in [0, 0.1) is 23.7 Å². The molecule has 5 fully saturated rings. The summed E-state index contributed by atoms with van der Waals surface area (Å²) < 4.78 is 5.56. The fraction of sp³-hybridized carbons (Fsp3) is 0.690. The van der Waals surface area contributed by atoms with Crippen LogP contribution in [0.15, 0.2) is 24.3 Å². The van der Waals surface area contributed by atoms with Crippen molar-refractivity contribution in [2.75, 3.05) is 38.2 Å². The largest absolute Gasteiger partial charge is 0.497 e. The zero-order valence-electron chi connectivity index (χ0n) is 21.0. The molecule has 184 valence electrons. The molecule has 5 aliphatic rings. The molecule has 1 saturated carbocycles. The van der Waals surface area contributed by atoms with E-state index in [-0.39, 0.29) is 6.04 Å². The van der Waals surface area contributed by atoms with E-state index in [9.17, 15) is 5.11 Å². The Morgan fingerprint density at radius 2 is 1.85 bits per heavy atom. The lowest BCUT2D eigenvalue weighted by Gasteiger charge is -2.51. The average molecular weight is 464 g/mol. The highest BCUT2D eigenvalue weighted by molar-refractivity contribution is 5.86. The Hall–Kier alpha value is -1.85. The van der Waals surface area contributed by atoms with Gasteiger partial charge in [-0.2, -0.15) is 0 Å². The van der Waals surface area contributed by atoms with Crippen molar-refractivity contribution in [1.82, 2.24) is 9.88 Å². The molecule has 0 radical (unpaired) electrons. The third kappa shape index (κ3) is 3.99. The van der Waals surface area contributed by atoms with E-state index >= 15 is 0 Å². The smallest absolute Gasteiger partial charge is 0.129 e. The number of hydrogen-bond donors (Lipinski definition) is 1. The van der Waals surface area contributed by atoms with Crippen LogP contribution in [0.2, 0.25) is 0 Å². The topological polar surface area (TPSA) is 48.8 Å². The minimum Gasteiger partial charge on any atom is -0.497 e. The van der Waals surface area contributed by atoms with Gasteiger partial charge in [-0.05, 0) is 85.7 Å². The molecule has 3 unspecified atom stereocenters. The van der Waals surface area contributed by atoms with E-state index < -0.39 is 6.10 Å². The van der Waals surface area contributed by atoms with Crippen molar-refractivity contribution in [3.63, 3.8) is 0 Å². The first kappa shape index (κ1) is 22.6. The molecule has 1 aromatic carbocycles. The van der Waals surface area contributed by atoms with E-state index in [1.54, 1.807) is 7.11 Å². The molecule has 2 bridgehead atoms. The number of nitrogens with zero attached hydrogens (tertiary/aromatic N) is 3.